The van der Waals surface area contributed by atoms with Gasteiger partial charge in [-0.15, -0.1) is 0 Å². The minimum atomic E-state index is -3.59. The van der Waals surface area contributed by atoms with Crippen LogP contribution in [0.25, 0.3) is 11.3 Å². The van der Waals surface area contributed by atoms with E-state index >= 15 is 0 Å². The van der Waals surface area contributed by atoms with Crippen LogP contribution in [0.3, 0.4) is 0 Å². The molecule has 3 aromatic rings. The van der Waals surface area contributed by atoms with Gasteiger partial charge in [0.05, 0.1) is 4.90 Å². The van der Waals surface area contributed by atoms with Crippen molar-refractivity contribution >= 4 is 27.5 Å². The third kappa shape index (κ3) is 5.01. The Hall–Kier alpha value is -2.61. The highest BCUT2D eigenvalue weighted by Crippen LogP contribution is 2.23. The Morgan fingerprint density at radius 3 is 2.26 bits per heavy atom. The summed E-state index contributed by atoms with van der Waals surface area (Å²) in [5, 5.41) is 0.488. The number of amides is 1. The van der Waals surface area contributed by atoms with Crippen molar-refractivity contribution < 1.29 is 17.6 Å². The molecule has 1 aliphatic heterocycles. The maximum Gasteiger partial charge on any atom is 0.243 e. The first-order chi connectivity index (χ1) is 14.9. The minimum absolute atomic E-state index is 0.00111. The molecule has 0 unspecified atom stereocenters. The van der Waals surface area contributed by atoms with Gasteiger partial charge in [-0.25, -0.2) is 8.42 Å². The van der Waals surface area contributed by atoms with Gasteiger partial charge in [-0.3, -0.25) is 4.79 Å². The van der Waals surface area contributed by atoms with E-state index in [4.69, 9.17) is 16.0 Å². The van der Waals surface area contributed by atoms with Crippen LogP contribution in [-0.2, 0) is 21.2 Å². The Kier molecular flexibility index (Phi) is 6.46. The van der Waals surface area contributed by atoms with Crippen LogP contribution in [0.2, 0.25) is 5.02 Å². The van der Waals surface area contributed by atoms with Gasteiger partial charge in [0.2, 0.25) is 15.9 Å². The number of aryl methyl sites for hydroxylation is 1. The van der Waals surface area contributed by atoms with E-state index < -0.39 is 10.0 Å². The van der Waals surface area contributed by atoms with Gasteiger partial charge in [-0.05, 0) is 36.4 Å². The second-order valence-corrected chi connectivity index (χ2v) is 9.75. The highest BCUT2D eigenvalue weighted by molar-refractivity contribution is 7.89. The third-order valence-electron chi connectivity index (χ3n) is 5.35. The Labute approximate surface area is 187 Å². The van der Waals surface area contributed by atoms with Crippen molar-refractivity contribution in [2.75, 3.05) is 26.2 Å². The Balaban J connectivity index is 1.30. The molecule has 162 valence electrons. The van der Waals surface area contributed by atoms with E-state index in [0.717, 1.165) is 17.1 Å². The van der Waals surface area contributed by atoms with E-state index in [1.54, 1.807) is 17.0 Å². The quantitative estimate of drug-likeness (QED) is 0.558. The van der Waals surface area contributed by atoms with E-state index in [0.29, 0.717) is 31.0 Å². The smallest absolute Gasteiger partial charge is 0.243 e. The lowest BCUT2D eigenvalue weighted by Gasteiger charge is -2.34. The summed E-state index contributed by atoms with van der Waals surface area (Å²) in [6.07, 6.45) is 0.834. The molecule has 0 N–H and O–H groups in total. The van der Waals surface area contributed by atoms with Gasteiger partial charge in [-0.2, -0.15) is 4.31 Å². The normalized spacial score (nSPS) is 15.2. The molecule has 0 atom stereocenters. The number of hydrogen-bond donors (Lipinski definition) is 0. The van der Waals surface area contributed by atoms with Gasteiger partial charge in [0.15, 0.2) is 0 Å². The number of piperazine rings is 1. The number of carbonyl (C=O) groups is 1. The average Bonchev–Trinajstić information content (AvgIpc) is 3.27. The van der Waals surface area contributed by atoms with Crippen LogP contribution in [-0.4, -0.2) is 49.7 Å². The number of rotatable bonds is 6. The molecule has 8 heteroatoms. The van der Waals surface area contributed by atoms with Crippen LogP contribution in [0.1, 0.15) is 12.2 Å². The molecule has 1 saturated heterocycles. The van der Waals surface area contributed by atoms with E-state index in [1.807, 2.05) is 42.5 Å². The number of sulfonamides is 1. The zero-order valence-corrected chi connectivity index (χ0v) is 18.5. The number of hydrogen-bond acceptors (Lipinski definition) is 4. The maximum atomic E-state index is 12.8. The second-order valence-electron chi connectivity index (χ2n) is 7.37. The van der Waals surface area contributed by atoms with Crippen molar-refractivity contribution in [3.63, 3.8) is 0 Å². The summed E-state index contributed by atoms with van der Waals surface area (Å²) < 4.78 is 32.8. The second kappa shape index (κ2) is 9.26. The van der Waals surface area contributed by atoms with Gasteiger partial charge in [0.1, 0.15) is 11.5 Å². The standard InChI is InChI=1S/C23H23ClN2O4S/c24-19-6-10-21(11-7-19)31(28,29)26-16-14-25(15-17-26)23(27)13-9-20-8-12-22(30-20)18-4-2-1-3-5-18/h1-8,10-12H,9,13-17H2. The zero-order chi connectivity index (χ0) is 21.8. The van der Waals surface area contributed by atoms with Gasteiger partial charge < -0.3 is 9.32 Å². The van der Waals surface area contributed by atoms with Crippen LogP contribution in [0.15, 0.2) is 76.0 Å². The molecule has 0 spiro atoms. The molecule has 1 aliphatic rings. The molecular formula is C23H23ClN2O4S. The Bertz CT molecular complexity index is 1140. The van der Waals surface area contributed by atoms with E-state index in [1.165, 1.54) is 16.4 Å². The topological polar surface area (TPSA) is 70.8 Å². The fourth-order valence-corrected chi connectivity index (χ4v) is 5.14. The molecule has 6 nitrogen and oxygen atoms in total. The first-order valence-electron chi connectivity index (χ1n) is 10.1. The molecule has 1 amide bonds. The number of furan rings is 1. The monoisotopic (exact) mass is 458 g/mol. The predicted molar refractivity (Wildman–Crippen MR) is 119 cm³/mol. The number of benzene rings is 2. The van der Waals surface area contributed by atoms with Crippen molar-refractivity contribution in [2.24, 2.45) is 0 Å². The van der Waals surface area contributed by atoms with E-state index in [2.05, 4.69) is 0 Å². The van der Waals surface area contributed by atoms with Crippen LogP contribution in [0.5, 0.6) is 0 Å². The van der Waals surface area contributed by atoms with Crippen LogP contribution >= 0.6 is 11.6 Å². The number of nitrogens with zero attached hydrogens (tertiary/aromatic N) is 2. The molecule has 31 heavy (non-hydrogen) atoms. The number of halogens is 1. The van der Waals surface area contributed by atoms with Gasteiger partial charge >= 0.3 is 0 Å². The zero-order valence-electron chi connectivity index (χ0n) is 16.9. The largest absolute Gasteiger partial charge is 0.461 e. The molecule has 0 bridgehead atoms. The van der Waals surface area contributed by atoms with Gasteiger partial charge in [0, 0.05) is 49.6 Å². The predicted octanol–water partition coefficient (Wildman–Crippen LogP) is 4.07. The lowest BCUT2D eigenvalue weighted by atomic mass is 10.2. The fraction of sp³-hybridized carbons (Fsp3) is 0.261. The minimum Gasteiger partial charge on any atom is -0.461 e. The van der Waals surface area contributed by atoms with E-state index in [-0.39, 0.29) is 23.9 Å². The molecule has 0 radical (unpaired) electrons. The average molecular weight is 459 g/mol. The molecule has 4 rings (SSSR count). The third-order valence-corrected chi connectivity index (χ3v) is 7.51. The van der Waals surface area contributed by atoms with Crippen molar-refractivity contribution in [1.82, 2.24) is 9.21 Å². The molecule has 0 saturated carbocycles. The summed E-state index contributed by atoms with van der Waals surface area (Å²) in [5.74, 6) is 1.54. The highest BCUT2D eigenvalue weighted by atomic mass is 35.5. The number of carbonyl (C=O) groups excluding carboxylic acids is 1. The molecule has 1 aromatic heterocycles. The molecule has 1 fully saturated rings. The fourth-order valence-electron chi connectivity index (χ4n) is 3.59. The van der Waals surface area contributed by atoms with Crippen molar-refractivity contribution in [3.05, 3.63) is 77.5 Å². The summed E-state index contributed by atoms with van der Waals surface area (Å²) >= 11 is 5.85. The summed E-state index contributed by atoms with van der Waals surface area (Å²) in [4.78, 5) is 14.5. The lowest BCUT2D eigenvalue weighted by molar-refractivity contribution is -0.132. The van der Waals surface area contributed by atoms with Crippen molar-refractivity contribution in [1.29, 1.82) is 0 Å². The summed E-state index contributed by atoms with van der Waals surface area (Å²) in [6.45, 7) is 1.30. The first kappa shape index (κ1) is 21.6. The first-order valence-corrected chi connectivity index (χ1v) is 11.9. The van der Waals surface area contributed by atoms with Crippen LogP contribution in [0.4, 0.5) is 0 Å². The van der Waals surface area contributed by atoms with Crippen molar-refractivity contribution in [3.8, 4) is 11.3 Å². The van der Waals surface area contributed by atoms with Crippen LogP contribution in [0, 0.1) is 0 Å². The molecule has 0 aliphatic carbocycles. The highest BCUT2D eigenvalue weighted by Gasteiger charge is 2.30. The molecular weight excluding hydrogens is 436 g/mol. The summed E-state index contributed by atoms with van der Waals surface area (Å²) in [6, 6.07) is 19.7. The molecule has 2 heterocycles. The SMILES string of the molecule is O=C(CCc1ccc(-c2ccccc2)o1)N1CCN(S(=O)(=O)c2ccc(Cl)cc2)CC1. The van der Waals surface area contributed by atoms with Crippen molar-refractivity contribution in [2.45, 2.75) is 17.7 Å². The summed E-state index contributed by atoms with van der Waals surface area (Å²) in [7, 11) is -3.59. The molecule has 2 aromatic carbocycles. The van der Waals surface area contributed by atoms with Gasteiger partial charge in [-0.1, -0.05) is 41.9 Å². The van der Waals surface area contributed by atoms with E-state index in [9.17, 15) is 13.2 Å². The van der Waals surface area contributed by atoms with Gasteiger partial charge in [0.25, 0.3) is 0 Å². The maximum absolute atomic E-state index is 12.8. The van der Waals surface area contributed by atoms with Crippen LogP contribution < -0.4 is 0 Å². The Morgan fingerprint density at radius 1 is 0.903 bits per heavy atom. The Morgan fingerprint density at radius 2 is 1.58 bits per heavy atom. The lowest BCUT2D eigenvalue weighted by Crippen LogP contribution is -2.50. The summed E-state index contributed by atoms with van der Waals surface area (Å²) in [5.41, 5.74) is 0.998.